The molecule has 0 aromatic carbocycles. The number of rotatable bonds is 5. The van der Waals surface area contributed by atoms with Crippen LogP contribution in [0.3, 0.4) is 0 Å². The van der Waals surface area contributed by atoms with Gasteiger partial charge in [-0.15, -0.1) is 0 Å². The van der Waals surface area contributed by atoms with Crippen molar-refractivity contribution in [1.29, 1.82) is 0 Å². The van der Waals surface area contributed by atoms with Crippen LogP contribution in [0, 0.1) is 5.41 Å². The maximum Gasteiger partial charge on any atom is 0.0388 e. The summed E-state index contributed by atoms with van der Waals surface area (Å²) in [6.45, 7) is 14.7. The minimum Gasteiger partial charge on any atom is -0.261 e. The van der Waals surface area contributed by atoms with Gasteiger partial charge in [0.15, 0.2) is 0 Å². The Morgan fingerprint density at radius 1 is 1.36 bits per heavy atom. The highest BCUT2D eigenvalue weighted by Crippen LogP contribution is 2.29. The second-order valence-corrected chi connectivity index (χ2v) is 4.16. The Kier molecular flexibility index (Phi) is 5.44. The molecule has 0 amide bonds. The molecule has 0 bridgehead atoms. The van der Waals surface area contributed by atoms with E-state index in [1.807, 2.05) is 13.1 Å². The van der Waals surface area contributed by atoms with Crippen molar-refractivity contribution in [2.75, 3.05) is 0 Å². The quantitative estimate of drug-likeness (QED) is 0.575. The zero-order chi connectivity index (χ0) is 11.2. The standard InChI is InChI=1S/C13H23N/c1-7-12(8-2)10-14-11(4)13(5,6)9-3/h7,10H,4,8-9H2,1-3,5-6H3/b12-7-,14-10?. The van der Waals surface area contributed by atoms with Crippen LogP contribution in [0.25, 0.3) is 0 Å². The predicted molar refractivity (Wildman–Crippen MR) is 65.8 cm³/mol. The lowest BCUT2D eigenvalue weighted by Crippen LogP contribution is -2.11. The Balaban J connectivity index is 4.47. The van der Waals surface area contributed by atoms with Crippen LogP contribution in [0.15, 0.2) is 28.9 Å². The van der Waals surface area contributed by atoms with Crippen LogP contribution in [0.5, 0.6) is 0 Å². The summed E-state index contributed by atoms with van der Waals surface area (Å²) in [5.41, 5.74) is 2.34. The summed E-state index contributed by atoms with van der Waals surface area (Å²) < 4.78 is 0. The molecule has 0 radical (unpaired) electrons. The van der Waals surface area contributed by atoms with Crippen molar-refractivity contribution in [3.05, 3.63) is 23.9 Å². The van der Waals surface area contributed by atoms with Gasteiger partial charge in [-0.25, -0.2) is 0 Å². The molecule has 0 fully saturated rings. The first-order chi connectivity index (χ1) is 6.47. The van der Waals surface area contributed by atoms with E-state index < -0.39 is 0 Å². The van der Waals surface area contributed by atoms with E-state index in [2.05, 4.69) is 45.3 Å². The summed E-state index contributed by atoms with van der Waals surface area (Å²) in [5, 5.41) is 0. The van der Waals surface area contributed by atoms with Gasteiger partial charge >= 0.3 is 0 Å². The third-order valence-electron chi connectivity index (χ3n) is 2.83. The number of aliphatic imine (C=N–C) groups is 1. The van der Waals surface area contributed by atoms with Crippen LogP contribution in [0.2, 0.25) is 0 Å². The highest BCUT2D eigenvalue weighted by Gasteiger charge is 2.18. The highest BCUT2D eigenvalue weighted by molar-refractivity contribution is 5.79. The third kappa shape index (κ3) is 3.91. The third-order valence-corrected chi connectivity index (χ3v) is 2.83. The van der Waals surface area contributed by atoms with E-state index in [0.29, 0.717) is 0 Å². The molecule has 0 saturated carbocycles. The van der Waals surface area contributed by atoms with E-state index in [4.69, 9.17) is 0 Å². The summed E-state index contributed by atoms with van der Waals surface area (Å²) in [5.74, 6) is 0. The van der Waals surface area contributed by atoms with Crippen LogP contribution in [-0.2, 0) is 0 Å². The molecule has 0 N–H and O–H groups in total. The Morgan fingerprint density at radius 2 is 1.93 bits per heavy atom. The Labute approximate surface area is 88.6 Å². The molecule has 0 aliphatic heterocycles. The molecule has 0 atom stereocenters. The van der Waals surface area contributed by atoms with Gasteiger partial charge in [0.2, 0.25) is 0 Å². The maximum atomic E-state index is 4.42. The summed E-state index contributed by atoms with van der Waals surface area (Å²) >= 11 is 0. The molecule has 0 aromatic rings. The zero-order valence-electron chi connectivity index (χ0n) is 10.2. The van der Waals surface area contributed by atoms with Crippen molar-refractivity contribution in [2.45, 2.75) is 47.5 Å². The largest absolute Gasteiger partial charge is 0.261 e. The molecule has 0 heterocycles. The minimum atomic E-state index is 0.114. The molecule has 80 valence electrons. The monoisotopic (exact) mass is 193 g/mol. The number of hydrogen-bond donors (Lipinski definition) is 0. The molecule has 0 saturated heterocycles. The van der Waals surface area contributed by atoms with Crippen LogP contribution in [-0.4, -0.2) is 6.21 Å². The molecule has 1 heteroatoms. The van der Waals surface area contributed by atoms with Crippen molar-refractivity contribution in [3.63, 3.8) is 0 Å². The lowest BCUT2D eigenvalue weighted by Gasteiger charge is -2.22. The molecule has 0 aliphatic rings. The molecule has 0 unspecified atom stereocenters. The van der Waals surface area contributed by atoms with Gasteiger partial charge in [0.25, 0.3) is 0 Å². The van der Waals surface area contributed by atoms with Gasteiger partial charge in [0, 0.05) is 17.3 Å². The normalized spacial score (nSPS) is 13.6. The molecule has 0 aliphatic carbocycles. The average Bonchev–Trinajstić information content (AvgIpc) is 2.19. The Morgan fingerprint density at radius 3 is 2.29 bits per heavy atom. The summed E-state index contributed by atoms with van der Waals surface area (Å²) in [6, 6.07) is 0. The van der Waals surface area contributed by atoms with Gasteiger partial charge < -0.3 is 0 Å². The molecular formula is C13H23N. The van der Waals surface area contributed by atoms with Gasteiger partial charge in [-0.3, -0.25) is 4.99 Å². The van der Waals surface area contributed by atoms with Crippen molar-refractivity contribution in [3.8, 4) is 0 Å². The van der Waals surface area contributed by atoms with E-state index in [9.17, 15) is 0 Å². The second-order valence-electron chi connectivity index (χ2n) is 4.16. The van der Waals surface area contributed by atoms with E-state index >= 15 is 0 Å². The van der Waals surface area contributed by atoms with Crippen LogP contribution in [0.1, 0.15) is 47.5 Å². The van der Waals surface area contributed by atoms with Crippen molar-refractivity contribution in [1.82, 2.24) is 0 Å². The van der Waals surface area contributed by atoms with E-state index in [1.165, 1.54) is 5.57 Å². The number of nitrogens with zero attached hydrogens (tertiary/aromatic N) is 1. The fourth-order valence-corrected chi connectivity index (χ4v) is 0.910. The fraction of sp³-hybridized carbons (Fsp3) is 0.615. The first-order valence-electron chi connectivity index (χ1n) is 5.36. The van der Waals surface area contributed by atoms with Gasteiger partial charge in [-0.05, 0) is 25.3 Å². The van der Waals surface area contributed by atoms with Gasteiger partial charge in [0.1, 0.15) is 0 Å². The van der Waals surface area contributed by atoms with Crippen LogP contribution < -0.4 is 0 Å². The van der Waals surface area contributed by atoms with Gasteiger partial charge in [-0.2, -0.15) is 0 Å². The number of allylic oxidation sites excluding steroid dienone is 3. The van der Waals surface area contributed by atoms with Gasteiger partial charge in [-0.1, -0.05) is 40.3 Å². The van der Waals surface area contributed by atoms with Crippen LogP contribution in [0.4, 0.5) is 0 Å². The molecule has 0 spiro atoms. The maximum absolute atomic E-state index is 4.42. The van der Waals surface area contributed by atoms with Gasteiger partial charge in [0.05, 0.1) is 0 Å². The number of hydrogen-bond acceptors (Lipinski definition) is 1. The summed E-state index contributed by atoms with van der Waals surface area (Å²) in [7, 11) is 0. The molecule has 1 nitrogen and oxygen atoms in total. The van der Waals surface area contributed by atoms with Crippen LogP contribution >= 0.6 is 0 Å². The molecular weight excluding hydrogens is 170 g/mol. The van der Waals surface area contributed by atoms with E-state index in [1.54, 1.807) is 0 Å². The minimum absolute atomic E-state index is 0.114. The summed E-state index contributed by atoms with van der Waals surface area (Å²) in [6.07, 6.45) is 6.12. The zero-order valence-corrected chi connectivity index (χ0v) is 10.2. The fourth-order valence-electron chi connectivity index (χ4n) is 0.910. The van der Waals surface area contributed by atoms with Crippen molar-refractivity contribution >= 4 is 6.21 Å². The smallest absolute Gasteiger partial charge is 0.0388 e. The Bertz CT molecular complexity index is 244. The SMILES string of the molecule is C=C(N=C/C(=C\C)CC)C(C)(C)CC. The Hall–Kier alpha value is -0.850. The van der Waals surface area contributed by atoms with E-state index in [-0.39, 0.29) is 5.41 Å². The lowest BCUT2D eigenvalue weighted by atomic mass is 9.87. The topological polar surface area (TPSA) is 12.4 Å². The molecule has 14 heavy (non-hydrogen) atoms. The molecule has 0 rings (SSSR count). The first kappa shape index (κ1) is 13.2. The molecule has 0 aromatic heterocycles. The predicted octanol–water partition coefficient (Wildman–Crippen LogP) is 4.36. The van der Waals surface area contributed by atoms with Crippen molar-refractivity contribution in [2.24, 2.45) is 10.4 Å². The van der Waals surface area contributed by atoms with E-state index in [0.717, 1.165) is 18.5 Å². The first-order valence-corrected chi connectivity index (χ1v) is 5.36. The van der Waals surface area contributed by atoms with Crippen molar-refractivity contribution < 1.29 is 0 Å². The average molecular weight is 193 g/mol. The second kappa shape index (κ2) is 5.79. The summed E-state index contributed by atoms with van der Waals surface area (Å²) in [4.78, 5) is 4.42. The lowest BCUT2D eigenvalue weighted by molar-refractivity contribution is 0.427. The highest BCUT2D eigenvalue weighted by atomic mass is 14.8.